The summed E-state index contributed by atoms with van der Waals surface area (Å²) in [4.78, 5) is 12.9. The lowest BCUT2D eigenvalue weighted by molar-refractivity contribution is -0.936. The van der Waals surface area contributed by atoms with Gasteiger partial charge >= 0.3 is 6.09 Å². The van der Waals surface area contributed by atoms with Crippen molar-refractivity contribution in [3.05, 3.63) is 29.8 Å². The topological polar surface area (TPSA) is 29.5 Å². The van der Waals surface area contributed by atoms with E-state index in [0.29, 0.717) is 5.75 Å². The lowest BCUT2D eigenvalue weighted by Gasteiger charge is -2.35. The maximum absolute atomic E-state index is 11.5. The van der Waals surface area contributed by atoms with E-state index < -0.39 is 0 Å². The van der Waals surface area contributed by atoms with E-state index in [0.717, 1.165) is 30.7 Å². The monoisotopic (exact) mass is 358 g/mol. The molecule has 0 heterocycles. The largest absolute Gasteiger partial charge is 1.00 e. The highest BCUT2D eigenvalue weighted by Gasteiger charge is 2.21. The fraction of sp³-hybridized carbons (Fsp3) is 0.562. The summed E-state index contributed by atoms with van der Waals surface area (Å²) < 4.78 is 6.30. The highest BCUT2D eigenvalue weighted by Crippen LogP contribution is 2.18. The molecule has 0 fully saturated rings. The van der Waals surface area contributed by atoms with Crippen LogP contribution < -0.4 is 21.7 Å². The summed E-state index contributed by atoms with van der Waals surface area (Å²) in [6.07, 6.45) is -0.349. The number of carbonyl (C=O) groups is 1. The third kappa shape index (κ3) is 5.67. The number of nitrogens with zero attached hydrogens (tertiary/aromatic N) is 2. The van der Waals surface area contributed by atoms with Crippen LogP contribution in [0.2, 0.25) is 0 Å². The van der Waals surface area contributed by atoms with Crippen LogP contribution in [0.1, 0.15) is 26.3 Å². The molecule has 0 spiro atoms. The Labute approximate surface area is 139 Å². The number of quaternary nitrogens is 1. The van der Waals surface area contributed by atoms with Crippen molar-refractivity contribution in [2.45, 2.75) is 27.3 Å². The van der Waals surface area contributed by atoms with Crippen LogP contribution in [-0.4, -0.2) is 49.2 Å². The van der Waals surface area contributed by atoms with Gasteiger partial charge in [0.25, 0.3) is 0 Å². The first-order valence-electron chi connectivity index (χ1n) is 7.29. The number of hydrogen-bond acceptors (Lipinski definition) is 2. The third-order valence-electron chi connectivity index (χ3n) is 4.02. The summed E-state index contributed by atoms with van der Waals surface area (Å²) in [5.74, 6) is 0.593. The fourth-order valence-electron chi connectivity index (χ4n) is 2.25. The van der Waals surface area contributed by atoms with Gasteiger partial charge in [0, 0.05) is 19.7 Å². The molecule has 1 aromatic rings. The minimum Gasteiger partial charge on any atom is -1.00 e. The molecule has 1 aromatic carbocycles. The zero-order valence-corrected chi connectivity index (χ0v) is 15.3. The molecule has 0 saturated carbocycles. The van der Waals surface area contributed by atoms with Gasteiger partial charge in [0.2, 0.25) is 0 Å². The molecular formula is C16H27BrN2O2. The molecule has 0 bridgehead atoms. The van der Waals surface area contributed by atoms with Gasteiger partial charge in [0.1, 0.15) is 12.3 Å². The molecule has 1 rings (SSSR count). The molecule has 0 N–H and O–H groups in total. The van der Waals surface area contributed by atoms with Gasteiger partial charge < -0.3 is 31.1 Å². The van der Waals surface area contributed by atoms with Crippen molar-refractivity contribution in [2.75, 3.05) is 33.7 Å². The molecule has 0 radical (unpaired) electrons. The minimum absolute atomic E-state index is 0. The first-order valence-corrected chi connectivity index (χ1v) is 7.29. The van der Waals surface area contributed by atoms with E-state index in [9.17, 15) is 4.79 Å². The van der Waals surface area contributed by atoms with Crippen molar-refractivity contribution < 1.29 is 31.0 Å². The summed E-state index contributed by atoms with van der Waals surface area (Å²) in [6.45, 7) is 11.1. The number of amides is 1. The second kappa shape index (κ2) is 9.05. The van der Waals surface area contributed by atoms with Gasteiger partial charge in [-0.2, -0.15) is 0 Å². The van der Waals surface area contributed by atoms with Crippen molar-refractivity contribution in [1.82, 2.24) is 4.90 Å². The second-order valence-corrected chi connectivity index (χ2v) is 5.35. The lowest BCUT2D eigenvalue weighted by atomic mass is 10.1. The number of ether oxygens (including phenoxy) is 1. The van der Waals surface area contributed by atoms with Gasteiger partial charge in [-0.05, 0) is 45.0 Å². The molecule has 0 aliphatic heterocycles. The van der Waals surface area contributed by atoms with Crippen LogP contribution in [0.25, 0.3) is 0 Å². The summed E-state index contributed by atoms with van der Waals surface area (Å²) >= 11 is 0. The molecule has 0 aliphatic rings. The van der Waals surface area contributed by atoms with E-state index in [-0.39, 0.29) is 23.1 Å². The van der Waals surface area contributed by atoms with E-state index in [1.807, 2.05) is 24.3 Å². The van der Waals surface area contributed by atoms with Crippen molar-refractivity contribution in [3.8, 4) is 5.75 Å². The van der Waals surface area contributed by atoms with Crippen molar-refractivity contribution in [1.29, 1.82) is 0 Å². The Kier molecular flexibility index (Phi) is 8.59. The number of benzene rings is 1. The Balaban J connectivity index is 0.00000400. The molecule has 0 atom stereocenters. The van der Waals surface area contributed by atoms with E-state index >= 15 is 0 Å². The molecule has 0 unspecified atom stereocenters. The zero-order chi connectivity index (χ0) is 15.2. The van der Waals surface area contributed by atoms with E-state index in [1.165, 1.54) is 10.5 Å². The molecule has 4 nitrogen and oxygen atoms in total. The Morgan fingerprint density at radius 1 is 1.05 bits per heavy atom. The zero-order valence-electron chi connectivity index (χ0n) is 13.7. The van der Waals surface area contributed by atoms with Crippen LogP contribution in [0.15, 0.2) is 24.3 Å². The molecule has 120 valence electrons. The van der Waals surface area contributed by atoms with Crippen molar-refractivity contribution in [3.63, 3.8) is 0 Å². The molecule has 21 heavy (non-hydrogen) atoms. The average molecular weight is 359 g/mol. The summed E-state index contributed by atoms with van der Waals surface area (Å²) in [7, 11) is 3.35. The van der Waals surface area contributed by atoms with Gasteiger partial charge in [0.05, 0.1) is 19.6 Å². The Bertz CT molecular complexity index is 420. The summed E-state index contributed by atoms with van der Waals surface area (Å²) in [5, 5.41) is 0. The second-order valence-electron chi connectivity index (χ2n) is 5.35. The van der Waals surface area contributed by atoms with Crippen LogP contribution in [0.3, 0.4) is 0 Å². The van der Waals surface area contributed by atoms with Gasteiger partial charge in [-0.1, -0.05) is 0 Å². The molecule has 0 aromatic heterocycles. The normalized spacial score (nSPS) is 10.7. The molecule has 5 heteroatoms. The fourth-order valence-corrected chi connectivity index (χ4v) is 2.25. The van der Waals surface area contributed by atoms with Crippen molar-refractivity contribution in [2.24, 2.45) is 0 Å². The molecule has 1 amide bonds. The third-order valence-corrected chi connectivity index (χ3v) is 4.02. The van der Waals surface area contributed by atoms with Crippen LogP contribution >= 0.6 is 0 Å². The van der Waals surface area contributed by atoms with Gasteiger partial charge in [-0.15, -0.1) is 0 Å². The average Bonchev–Trinajstić information content (AvgIpc) is 2.46. The number of halogens is 1. The summed E-state index contributed by atoms with van der Waals surface area (Å²) in [5.41, 5.74) is 1.28. The summed E-state index contributed by atoms with van der Waals surface area (Å²) in [6, 6.07) is 7.83. The van der Waals surface area contributed by atoms with E-state index in [1.54, 1.807) is 14.1 Å². The SMILES string of the molecule is CC[N+](CC)(CC)Cc1ccc(OC(=O)N(C)C)cc1.[Br-]. The number of rotatable bonds is 6. The predicted molar refractivity (Wildman–Crippen MR) is 81.7 cm³/mol. The van der Waals surface area contributed by atoms with Crippen LogP contribution in [0.4, 0.5) is 4.79 Å². The standard InChI is InChI=1S/C16H27N2O2.BrH/c1-6-18(7-2,8-3)13-14-9-11-15(12-10-14)20-16(19)17(4)5;/h9-12H,6-8,13H2,1-5H3;1H/q+1;/p-1. The molecule has 0 saturated heterocycles. The Morgan fingerprint density at radius 2 is 1.52 bits per heavy atom. The van der Waals surface area contributed by atoms with Crippen LogP contribution in [0.5, 0.6) is 5.75 Å². The van der Waals surface area contributed by atoms with Gasteiger partial charge in [-0.3, -0.25) is 0 Å². The smallest absolute Gasteiger partial charge is 0.414 e. The minimum atomic E-state index is -0.349. The van der Waals surface area contributed by atoms with E-state index in [2.05, 4.69) is 20.8 Å². The highest BCUT2D eigenvalue weighted by molar-refractivity contribution is 5.69. The first-order chi connectivity index (χ1) is 9.46. The van der Waals surface area contributed by atoms with Gasteiger partial charge in [0.15, 0.2) is 0 Å². The molecular weight excluding hydrogens is 332 g/mol. The predicted octanol–water partition coefficient (Wildman–Crippen LogP) is 0.128. The van der Waals surface area contributed by atoms with Crippen LogP contribution in [-0.2, 0) is 6.54 Å². The van der Waals surface area contributed by atoms with Gasteiger partial charge in [-0.25, -0.2) is 4.79 Å². The highest BCUT2D eigenvalue weighted by atomic mass is 79.9. The molecule has 0 aliphatic carbocycles. The van der Waals surface area contributed by atoms with E-state index in [4.69, 9.17) is 4.74 Å². The number of carbonyl (C=O) groups excluding carboxylic acids is 1. The Hall–Kier alpha value is -1.07. The van der Waals surface area contributed by atoms with Crippen molar-refractivity contribution >= 4 is 6.09 Å². The maximum atomic E-state index is 11.5. The Morgan fingerprint density at radius 3 is 1.90 bits per heavy atom. The first kappa shape index (κ1) is 19.9. The maximum Gasteiger partial charge on any atom is 0.414 e. The number of hydrogen-bond donors (Lipinski definition) is 0. The quantitative estimate of drug-likeness (QED) is 0.676. The van der Waals surface area contributed by atoms with Crippen LogP contribution in [0, 0.1) is 0 Å². The lowest BCUT2D eigenvalue weighted by Crippen LogP contribution is -3.00.